The first-order valence-corrected chi connectivity index (χ1v) is 8.92. The molecular formula is C19H31ClN2O3. The van der Waals surface area contributed by atoms with Crippen molar-refractivity contribution in [2.24, 2.45) is 5.73 Å². The van der Waals surface area contributed by atoms with Crippen LogP contribution in [0.4, 0.5) is 0 Å². The monoisotopic (exact) mass is 370 g/mol. The molecule has 2 rings (SSSR count). The van der Waals surface area contributed by atoms with Crippen LogP contribution < -0.4 is 10.5 Å². The Morgan fingerprint density at radius 1 is 1.32 bits per heavy atom. The highest BCUT2D eigenvalue weighted by Crippen LogP contribution is 2.20. The molecular weight excluding hydrogens is 340 g/mol. The van der Waals surface area contributed by atoms with Crippen LogP contribution in [-0.4, -0.2) is 49.8 Å². The standard InChI is InChI=1S/C19H30N2O3.ClH/c1-15(2)16-5-3-6-18(13-16)24-14-19(22)21-10-7-17(8-11-21)23-12-4-9-20;/h3,5-6,13,15,17H,4,7-12,14,20H2,1-2H3;1H. The van der Waals surface area contributed by atoms with Crippen LogP contribution in [0.2, 0.25) is 0 Å². The topological polar surface area (TPSA) is 64.8 Å². The van der Waals surface area contributed by atoms with Crippen molar-refractivity contribution in [3.8, 4) is 5.75 Å². The Morgan fingerprint density at radius 2 is 2.04 bits per heavy atom. The highest BCUT2D eigenvalue weighted by Gasteiger charge is 2.23. The number of nitrogens with two attached hydrogens (primary N) is 1. The van der Waals surface area contributed by atoms with Crippen molar-refractivity contribution in [1.29, 1.82) is 0 Å². The number of carbonyl (C=O) groups is 1. The van der Waals surface area contributed by atoms with Crippen LogP contribution >= 0.6 is 12.4 Å². The molecule has 0 spiro atoms. The fraction of sp³-hybridized carbons (Fsp3) is 0.632. The molecule has 2 N–H and O–H groups in total. The lowest BCUT2D eigenvalue weighted by molar-refractivity contribution is -0.136. The molecule has 6 heteroatoms. The lowest BCUT2D eigenvalue weighted by Gasteiger charge is -2.32. The van der Waals surface area contributed by atoms with E-state index in [-0.39, 0.29) is 31.0 Å². The summed E-state index contributed by atoms with van der Waals surface area (Å²) in [6.07, 6.45) is 2.92. The predicted molar refractivity (Wildman–Crippen MR) is 102 cm³/mol. The molecule has 1 heterocycles. The quantitative estimate of drug-likeness (QED) is 0.714. The molecule has 0 unspecified atom stereocenters. The summed E-state index contributed by atoms with van der Waals surface area (Å²) in [5.74, 6) is 1.25. The molecule has 5 nitrogen and oxygen atoms in total. The van der Waals surface area contributed by atoms with E-state index in [1.807, 2.05) is 23.1 Å². The van der Waals surface area contributed by atoms with Gasteiger partial charge in [-0.2, -0.15) is 0 Å². The van der Waals surface area contributed by atoms with Gasteiger partial charge in [0.1, 0.15) is 5.75 Å². The van der Waals surface area contributed by atoms with E-state index in [0.717, 1.165) is 38.1 Å². The maximum absolute atomic E-state index is 12.3. The predicted octanol–water partition coefficient (Wildman–Crippen LogP) is 2.97. The van der Waals surface area contributed by atoms with E-state index in [2.05, 4.69) is 19.9 Å². The van der Waals surface area contributed by atoms with Crippen LogP contribution in [0.1, 0.15) is 44.6 Å². The molecule has 0 atom stereocenters. The number of piperidine rings is 1. The minimum atomic E-state index is 0. The third kappa shape index (κ3) is 7.22. The van der Waals surface area contributed by atoms with Gasteiger partial charge in [0.2, 0.25) is 0 Å². The van der Waals surface area contributed by atoms with E-state index in [1.165, 1.54) is 5.56 Å². The van der Waals surface area contributed by atoms with E-state index in [9.17, 15) is 4.79 Å². The summed E-state index contributed by atoms with van der Waals surface area (Å²) in [6.45, 7) is 7.23. The Labute approximate surface area is 157 Å². The van der Waals surface area contributed by atoms with Gasteiger partial charge in [0.15, 0.2) is 6.61 Å². The normalized spacial score (nSPS) is 15.1. The zero-order valence-corrected chi connectivity index (χ0v) is 16.1. The van der Waals surface area contributed by atoms with Crippen molar-refractivity contribution in [2.75, 3.05) is 32.8 Å². The molecule has 0 saturated carbocycles. The van der Waals surface area contributed by atoms with E-state index < -0.39 is 0 Å². The van der Waals surface area contributed by atoms with Crippen LogP contribution in [-0.2, 0) is 9.53 Å². The Kier molecular flexibility index (Phi) is 9.86. The zero-order chi connectivity index (χ0) is 17.4. The fourth-order valence-corrected chi connectivity index (χ4v) is 2.81. The van der Waals surface area contributed by atoms with Crippen LogP contribution in [0.3, 0.4) is 0 Å². The highest BCUT2D eigenvalue weighted by atomic mass is 35.5. The molecule has 0 bridgehead atoms. The third-order valence-electron chi connectivity index (χ3n) is 4.38. The largest absolute Gasteiger partial charge is 0.484 e. The summed E-state index contributed by atoms with van der Waals surface area (Å²) in [7, 11) is 0. The summed E-state index contributed by atoms with van der Waals surface area (Å²) in [4.78, 5) is 14.2. The van der Waals surface area contributed by atoms with Gasteiger partial charge < -0.3 is 20.1 Å². The molecule has 25 heavy (non-hydrogen) atoms. The summed E-state index contributed by atoms with van der Waals surface area (Å²) in [6, 6.07) is 7.96. The molecule has 0 aliphatic carbocycles. The minimum Gasteiger partial charge on any atom is -0.484 e. The van der Waals surface area contributed by atoms with Gasteiger partial charge in [-0.3, -0.25) is 4.79 Å². The lowest BCUT2D eigenvalue weighted by Crippen LogP contribution is -2.43. The highest BCUT2D eigenvalue weighted by molar-refractivity contribution is 5.85. The molecule has 1 aromatic carbocycles. The van der Waals surface area contributed by atoms with Gasteiger partial charge in [-0.25, -0.2) is 0 Å². The van der Waals surface area contributed by atoms with Gasteiger partial charge in [-0.1, -0.05) is 26.0 Å². The van der Waals surface area contributed by atoms with E-state index in [0.29, 0.717) is 19.1 Å². The first kappa shape index (κ1) is 21.7. The maximum Gasteiger partial charge on any atom is 0.260 e. The van der Waals surface area contributed by atoms with E-state index in [1.54, 1.807) is 0 Å². The number of rotatable bonds is 8. The molecule has 1 aromatic rings. The Morgan fingerprint density at radius 3 is 2.68 bits per heavy atom. The molecule has 1 saturated heterocycles. The Bertz CT molecular complexity index is 517. The van der Waals surface area contributed by atoms with Crippen LogP contribution in [0.15, 0.2) is 24.3 Å². The van der Waals surface area contributed by atoms with Gasteiger partial charge in [0.05, 0.1) is 6.10 Å². The maximum atomic E-state index is 12.3. The molecule has 1 aliphatic heterocycles. The number of hydrogen-bond acceptors (Lipinski definition) is 4. The average Bonchev–Trinajstić information content (AvgIpc) is 2.60. The number of benzene rings is 1. The second-order valence-corrected chi connectivity index (χ2v) is 6.61. The van der Waals surface area contributed by atoms with Gasteiger partial charge in [0.25, 0.3) is 5.91 Å². The minimum absolute atomic E-state index is 0. The number of amides is 1. The average molecular weight is 371 g/mol. The van der Waals surface area contributed by atoms with Crippen molar-refractivity contribution in [2.45, 2.75) is 45.1 Å². The van der Waals surface area contributed by atoms with Crippen molar-refractivity contribution >= 4 is 18.3 Å². The Balaban J connectivity index is 0.00000312. The second-order valence-electron chi connectivity index (χ2n) is 6.61. The first-order chi connectivity index (χ1) is 11.6. The number of ether oxygens (including phenoxy) is 2. The summed E-state index contributed by atoms with van der Waals surface area (Å²) >= 11 is 0. The Hall–Kier alpha value is -1.30. The fourth-order valence-electron chi connectivity index (χ4n) is 2.81. The second kappa shape index (κ2) is 11.3. The first-order valence-electron chi connectivity index (χ1n) is 8.92. The molecule has 1 aliphatic rings. The van der Waals surface area contributed by atoms with Gasteiger partial charge >= 0.3 is 0 Å². The van der Waals surface area contributed by atoms with Crippen molar-refractivity contribution in [1.82, 2.24) is 4.90 Å². The summed E-state index contributed by atoms with van der Waals surface area (Å²) < 4.78 is 11.4. The SMILES string of the molecule is CC(C)c1cccc(OCC(=O)N2CCC(OCCCN)CC2)c1.Cl. The van der Waals surface area contributed by atoms with Gasteiger partial charge in [-0.15, -0.1) is 12.4 Å². The molecule has 142 valence electrons. The van der Waals surface area contributed by atoms with Crippen LogP contribution in [0.5, 0.6) is 5.75 Å². The van der Waals surface area contributed by atoms with Crippen molar-refractivity contribution < 1.29 is 14.3 Å². The number of halogens is 1. The molecule has 1 fully saturated rings. The number of hydrogen-bond donors (Lipinski definition) is 1. The molecule has 0 radical (unpaired) electrons. The summed E-state index contributed by atoms with van der Waals surface area (Å²) in [5.41, 5.74) is 6.68. The van der Waals surface area contributed by atoms with Crippen LogP contribution in [0.25, 0.3) is 0 Å². The van der Waals surface area contributed by atoms with Crippen LogP contribution in [0, 0.1) is 0 Å². The lowest BCUT2D eigenvalue weighted by atomic mass is 10.0. The van der Waals surface area contributed by atoms with Gasteiger partial charge in [0, 0.05) is 19.7 Å². The van der Waals surface area contributed by atoms with E-state index in [4.69, 9.17) is 15.2 Å². The third-order valence-corrected chi connectivity index (χ3v) is 4.38. The number of likely N-dealkylation sites (tertiary alicyclic amines) is 1. The smallest absolute Gasteiger partial charge is 0.260 e. The zero-order valence-electron chi connectivity index (χ0n) is 15.3. The molecule has 0 aromatic heterocycles. The molecule has 1 amide bonds. The summed E-state index contributed by atoms with van der Waals surface area (Å²) in [5, 5.41) is 0. The van der Waals surface area contributed by atoms with Gasteiger partial charge in [-0.05, 0) is 49.4 Å². The van der Waals surface area contributed by atoms with E-state index >= 15 is 0 Å². The van der Waals surface area contributed by atoms with Crippen molar-refractivity contribution in [3.05, 3.63) is 29.8 Å². The number of nitrogens with zero attached hydrogens (tertiary/aromatic N) is 1. The number of carbonyl (C=O) groups excluding carboxylic acids is 1. The van der Waals surface area contributed by atoms with Crippen molar-refractivity contribution in [3.63, 3.8) is 0 Å².